The zero-order chi connectivity index (χ0) is 17.1. The lowest BCUT2D eigenvalue weighted by Crippen LogP contribution is -2.23. The first-order valence-electron chi connectivity index (χ1n) is 7.90. The number of fused-ring (bicyclic) bond motifs is 1. The fourth-order valence-corrected chi connectivity index (χ4v) is 4.47. The van der Waals surface area contributed by atoms with E-state index in [0.29, 0.717) is 18.2 Å². The van der Waals surface area contributed by atoms with Crippen molar-refractivity contribution in [2.45, 2.75) is 37.7 Å². The molecule has 0 fully saturated rings. The third-order valence-electron chi connectivity index (χ3n) is 3.78. The largest absolute Gasteiger partial charge is 0.286 e. The molecule has 0 spiro atoms. The summed E-state index contributed by atoms with van der Waals surface area (Å²) in [5, 5.41) is 3.44. The summed E-state index contributed by atoms with van der Waals surface area (Å²) in [7, 11) is 0. The summed E-state index contributed by atoms with van der Waals surface area (Å²) in [5.41, 5.74) is 1.91. The van der Waals surface area contributed by atoms with E-state index in [9.17, 15) is 4.79 Å². The van der Waals surface area contributed by atoms with Crippen molar-refractivity contribution in [1.29, 1.82) is 0 Å². The molecule has 0 aliphatic heterocycles. The van der Waals surface area contributed by atoms with Crippen LogP contribution in [-0.4, -0.2) is 9.55 Å². The number of rotatable bonds is 6. The molecule has 0 amide bonds. The summed E-state index contributed by atoms with van der Waals surface area (Å²) in [5.74, 6) is 1.24. The van der Waals surface area contributed by atoms with Gasteiger partial charge in [0, 0.05) is 17.3 Å². The lowest BCUT2D eigenvalue weighted by Gasteiger charge is -2.13. The van der Waals surface area contributed by atoms with Gasteiger partial charge in [0.2, 0.25) is 0 Å². The normalized spacial score (nSPS) is 11.5. The molecule has 0 aliphatic carbocycles. The molecule has 6 heteroatoms. The summed E-state index contributed by atoms with van der Waals surface area (Å²) in [6, 6.07) is 9.70. The molecule has 3 rings (SSSR count). The number of nitrogens with zero attached hydrogens (tertiary/aromatic N) is 2. The molecule has 0 saturated carbocycles. The number of hydrogen-bond donors (Lipinski definition) is 0. The van der Waals surface area contributed by atoms with Gasteiger partial charge in [-0.3, -0.25) is 9.36 Å². The highest BCUT2D eigenvalue weighted by Crippen LogP contribution is 2.27. The fourth-order valence-electron chi connectivity index (χ4n) is 2.38. The van der Waals surface area contributed by atoms with E-state index in [-0.39, 0.29) is 5.56 Å². The van der Waals surface area contributed by atoms with Crippen molar-refractivity contribution >= 4 is 44.9 Å². The number of thioether (sulfide) groups is 1. The van der Waals surface area contributed by atoms with Crippen molar-refractivity contribution < 1.29 is 0 Å². The highest BCUT2D eigenvalue weighted by Gasteiger charge is 2.13. The van der Waals surface area contributed by atoms with Gasteiger partial charge in [-0.25, -0.2) is 4.98 Å². The predicted molar refractivity (Wildman–Crippen MR) is 104 cm³/mol. The Labute approximate surface area is 154 Å². The van der Waals surface area contributed by atoms with Gasteiger partial charge in [0.15, 0.2) is 5.16 Å². The van der Waals surface area contributed by atoms with Gasteiger partial charge in [0.05, 0.1) is 5.52 Å². The molecule has 0 N–H and O–H groups in total. The summed E-state index contributed by atoms with van der Waals surface area (Å²) >= 11 is 9.27. The van der Waals surface area contributed by atoms with Gasteiger partial charge in [-0.05, 0) is 35.4 Å². The minimum absolute atomic E-state index is 0.0670. The van der Waals surface area contributed by atoms with Crippen molar-refractivity contribution in [1.82, 2.24) is 9.55 Å². The summed E-state index contributed by atoms with van der Waals surface area (Å²) in [4.78, 5) is 17.5. The van der Waals surface area contributed by atoms with E-state index in [0.717, 1.165) is 32.4 Å². The molecule has 24 heavy (non-hydrogen) atoms. The number of thiophene rings is 1. The van der Waals surface area contributed by atoms with Gasteiger partial charge in [0.25, 0.3) is 5.56 Å². The molecule has 0 saturated heterocycles. The zero-order valence-electron chi connectivity index (χ0n) is 13.7. The Balaban J connectivity index is 1.94. The van der Waals surface area contributed by atoms with Crippen LogP contribution in [0.2, 0.25) is 5.02 Å². The van der Waals surface area contributed by atoms with Crippen molar-refractivity contribution in [2.75, 3.05) is 0 Å². The molecule has 3 nitrogen and oxygen atoms in total. The minimum atomic E-state index is 0.0670. The Morgan fingerprint density at radius 3 is 2.83 bits per heavy atom. The Morgan fingerprint density at radius 2 is 2.08 bits per heavy atom. The molecule has 2 heterocycles. The smallest absolute Gasteiger partial charge is 0.272 e. The van der Waals surface area contributed by atoms with Crippen LogP contribution in [0.1, 0.15) is 25.8 Å². The van der Waals surface area contributed by atoms with Crippen LogP contribution >= 0.6 is 34.7 Å². The highest BCUT2D eigenvalue weighted by molar-refractivity contribution is 7.98. The SMILES string of the molecule is CC(C)CCn1c(SCc2ccccc2Cl)nc2ccsc2c1=O. The van der Waals surface area contributed by atoms with Crippen molar-refractivity contribution in [3.05, 3.63) is 56.7 Å². The predicted octanol–water partition coefficient (Wildman–Crippen LogP) is 5.45. The molecule has 2 aromatic heterocycles. The van der Waals surface area contributed by atoms with Crippen LogP contribution < -0.4 is 5.56 Å². The molecule has 126 valence electrons. The molecule has 0 radical (unpaired) electrons. The third kappa shape index (κ3) is 3.85. The quantitative estimate of drug-likeness (QED) is 0.422. The summed E-state index contributed by atoms with van der Waals surface area (Å²) in [6.45, 7) is 5.03. The van der Waals surface area contributed by atoms with Crippen LogP contribution in [0, 0.1) is 5.92 Å². The van der Waals surface area contributed by atoms with Gasteiger partial charge in [-0.1, -0.05) is 55.4 Å². The van der Waals surface area contributed by atoms with Gasteiger partial charge >= 0.3 is 0 Å². The van der Waals surface area contributed by atoms with Crippen LogP contribution in [0.15, 0.2) is 45.7 Å². The van der Waals surface area contributed by atoms with Gasteiger partial charge < -0.3 is 0 Å². The molecular weight excluding hydrogens is 360 g/mol. The van der Waals surface area contributed by atoms with Crippen LogP contribution in [-0.2, 0) is 12.3 Å². The van der Waals surface area contributed by atoms with E-state index in [2.05, 4.69) is 13.8 Å². The van der Waals surface area contributed by atoms with Crippen LogP contribution in [0.4, 0.5) is 0 Å². The van der Waals surface area contributed by atoms with Gasteiger partial charge in [-0.15, -0.1) is 11.3 Å². The third-order valence-corrected chi connectivity index (χ3v) is 6.06. The highest BCUT2D eigenvalue weighted by atomic mass is 35.5. The standard InChI is InChI=1S/C18H19ClN2OS2/c1-12(2)7-9-21-17(22)16-15(8-10-23-16)20-18(21)24-11-13-5-3-4-6-14(13)19/h3-6,8,10,12H,7,9,11H2,1-2H3. The molecule has 0 unspecified atom stereocenters. The van der Waals surface area contributed by atoms with Crippen molar-refractivity contribution in [3.8, 4) is 0 Å². The molecule has 0 aliphatic rings. The second-order valence-corrected chi connectivity index (χ2v) is 8.31. The maximum Gasteiger partial charge on any atom is 0.272 e. The molecule has 1 aromatic carbocycles. The van der Waals surface area contributed by atoms with E-state index in [4.69, 9.17) is 16.6 Å². The first kappa shape index (κ1) is 17.5. The van der Waals surface area contributed by atoms with Crippen molar-refractivity contribution in [3.63, 3.8) is 0 Å². The Morgan fingerprint density at radius 1 is 1.29 bits per heavy atom. The maximum atomic E-state index is 12.8. The monoisotopic (exact) mass is 378 g/mol. The molecular formula is C18H19ClN2OS2. The lowest BCUT2D eigenvalue weighted by atomic mass is 10.1. The number of halogens is 1. The first-order chi connectivity index (χ1) is 11.6. The zero-order valence-corrected chi connectivity index (χ0v) is 16.0. The number of hydrogen-bond acceptors (Lipinski definition) is 4. The fraction of sp³-hybridized carbons (Fsp3) is 0.333. The van der Waals surface area contributed by atoms with Crippen LogP contribution in [0.5, 0.6) is 0 Å². The Kier molecular flexibility index (Phi) is 5.64. The molecule has 0 atom stereocenters. The number of aromatic nitrogens is 2. The topological polar surface area (TPSA) is 34.9 Å². The molecule has 3 aromatic rings. The minimum Gasteiger partial charge on any atom is -0.286 e. The van der Waals surface area contributed by atoms with Gasteiger partial charge in [-0.2, -0.15) is 0 Å². The lowest BCUT2D eigenvalue weighted by molar-refractivity contribution is 0.481. The average Bonchev–Trinajstić information content (AvgIpc) is 3.02. The first-order valence-corrected chi connectivity index (χ1v) is 10.1. The maximum absolute atomic E-state index is 12.8. The molecule has 0 bridgehead atoms. The second kappa shape index (κ2) is 7.72. The van der Waals surface area contributed by atoms with Crippen molar-refractivity contribution in [2.24, 2.45) is 5.92 Å². The Hall–Kier alpha value is -1.30. The summed E-state index contributed by atoms with van der Waals surface area (Å²) in [6.07, 6.45) is 0.956. The average molecular weight is 379 g/mol. The summed E-state index contributed by atoms with van der Waals surface area (Å²) < 4.78 is 2.56. The van der Waals surface area contributed by atoms with Gasteiger partial charge in [0.1, 0.15) is 4.70 Å². The Bertz CT molecular complexity index is 901. The second-order valence-electron chi connectivity index (χ2n) is 6.05. The van der Waals surface area contributed by atoms with E-state index in [1.165, 1.54) is 11.3 Å². The van der Waals surface area contributed by atoms with E-state index < -0.39 is 0 Å². The van der Waals surface area contributed by atoms with E-state index in [1.807, 2.05) is 40.3 Å². The van der Waals surface area contributed by atoms with E-state index >= 15 is 0 Å². The number of benzene rings is 1. The van der Waals surface area contributed by atoms with Crippen LogP contribution in [0.3, 0.4) is 0 Å². The van der Waals surface area contributed by atoms with E-state index in [1.54, 1.807) is 11.8 Å². The van der Waals surface area contributed by atoms with Crippen LogP contribution in [0.25, 0.3) is 10.2 Å².